The summed E-state index contributed by atoms with van der Waals surface area (Å²) in [6.45, 7) is 1.30. The number of benzene rings is 3. The molecule has 0 aliphatic rings. The lowest BCUT2D eigenvalue weighted by atomic mass is 10.0. The van der Waals surface area contributed by atoms with Gasteiger partial charge in [0.2, 0.25) is 0 Å². The molecule has 0 spiro atoms. The molecule has 0 radical (unpaired) electrons. The third-order valence-electron chi connectivity index (χ3n) is 5.02. The van der Waals surface area contributed by atoms with Crippen LogP contribution in [0.25, 0.3) is 0 Å². The van der Waals surface area contributed by atoms with Crippen LogP contribution in [0.1, 0.15) is 38.0 Å². The van der Waals surface area contributed by atoms with Gasteiger partial charge in [-0.05, 0) is 43.3 Å². The zero-order valence-corrected chi connectivity index (χ0v) is 18.9. The van der Waals surface area contributed by atoms with Gasteiger partial charge in [0.1, 0.15) is 0 Å². The Labute approximate surface area is 202 Å². The highest BCUT2D eigenvalue weighted by molar-refractivity contribution is 5.92. The maximum Gasteiger partial charge on any atom is 0.338 e. The Morgan fingerprint density at radius 3 is 1.31 bits per heavy atom. The van der Waals surface area contributed by atoms with E-state index in [1.807, 2.05) is 0 Å². The van der Waals surface area contributed by atoms with Crippen LogP contribution in [0.15, 0.2) is 91.0 Å². The van der Waals surface area contributed by atoms with Crippen LogP contribution in [0.4, 0.5) is 0 Å². The summed E-state index contributed by atoms with van der Waals surface area (Å²) in [5.41, 5.74) is 0.479. The average Bonchev–Trinajstić information content (AvgIpc) is 2.90. The summed E-state index contributed by atoms with van der Waals surface area (Å²) < 4.78 is 16.3. The molecular formula is C27H24O8. The fourth-order valence-electron chi connectivity index (χ4n) is 3.23. The molecule has 0 unspecified atom stereocenters. The van der Waals surface area contributed by atoms with Crippen molar-refractivity contribution in [2.75, 3.05) is 0 Å². The Bertz CT molecular complexity index is 1130. The Morgan fingerprint density at radius 2 is 0.971 bits per heavy atom. The molecule has 0 heterocycles. The highest BCUT2D eigenvalue weighted by Gasteiger charge is 2.41. The van der Waals surface area contributed by atoms with Crippen molar-refractivity contribution in [3.05, 3.63) is 108 Å². The number of aliphatic hydroxyl groups is 1. The molecule has 8 heteroatoms. The van der Waals surface area contributed by atoms with Crippen molar-refractivity contribution < 1.29 is 38.5 Å². The van der Waals surface area contributed by atoms with E-state index in [2.05, 4.69) is 0 Å². The minimum absolute atomic E-state index is 0.148. The molecule has 1 N–H and O–H groups in total. The number of hydrogen-bond acceptors (Lipinski definition) is 8. The van der Waals surface area contributed by atoms with Crippen LogP contribution in [0.3, 0.4) is 0 Å². The molecule has 0 bridgehead atoms. The van der Waals surface area contributed by atoms with Crippen molar-refractivity contribution in [2.24, 2.45) is 0 Å². The third kappa shape index (κ3) is 6.84. The molecule has 3 rings (SSSR count). The maximum absolute atomic E-state index is 12.8. The minimum atomic E-state index is -1.68. The lowest BCUT2D eigenvalue weighted by Crippen LogP contribution is -2.50. The second kappa shape index (κ2) is 12.2. The highest BCUT2D eigenvalue weighted by atomic mass is 16.6. The first-order valence-electron chi connectivity index (χ1n) is 10.8. The lowest BCUT2D eigenvalue weighted by molar-refractivity contribution is -0.137. The molecule has 180 valence electrons. The van der Waals surface area contributed by atoms with Crippen molar-refractivity contribution in [3.8, 4) is 0 Å². The smallest absolute Gasteiger partial charge is 0.338 e. The van der Waals surface area contributed by atoms with Crippen molar-refractivity contribution in [3.63, 3.8) is 0 Å². The maximum atomic E-state index is 12.8. The SMILES string of the molecule is C[C@H](O)[C@H](OC(=O)c1ccccc1)[C@@H](OC(=O)c1ccccc1)[C@H](C=O)OC(=O)c1ccccc1. The largest absolute Gasteiger partial charge is 0.452 e. The van der Waals surface area contributed by atoms with E-state index < -0.39 is 42.3 Å². The van der Waals surface area contributed by atoms with Gasteiger partial charge in [0.15, 0.2) is 24.6 Å². The van der Waals surface area contributed by atoms with Crippen LogP contribution < -0.4 is 0 Å². The van der Waals surface area contributed by atoms with E-state index in [1.165, 1.54) is 43.3 Å². The van der Waals surface area contributed by atoms with E-state index in [4.69, 9.17) is 14.2 Å². The molecular weight excluding hydrogens is 452 g/mol. The standard InChI is InChI=1S/C27H24O8/c1-18(29)23(34-26(31)20-13-7-3-8-14-20)24(35-27(32)21-15-9-4-10-16-21)22(17-28)33-25(30)19-11-5-2-6-12-19/h2-18,22-24,29H,1H3/t18-,22-,23-,24-/m0/s1. The van der Waals surface area contributed by atoms with E-state index in [1.54, 1.807) is 54.6 Å². The van der Waals surface area contributed by atoms with Crippen LogP contribution in [-0.4, -0.2) is 53.7 Å². The molecule has 0 aliphatic carbocycles. The van der Waals surface area contributed by atoms with Gasteiger partial charge < -0.3 is 19.3 Å². The number of rotatable bonds is 10. The summed E-state index contributed by atoms with van der Waals surface area (Å²) in [6.07, 6.45) is -5.99. The van der Waals surface area contributed by atoms with Gasteiger partial charge >= 0.3 is 17.9 Å². The number of carbonyl (C=O) groups excluding carboxylic acids is 4. The predicted molar refractivity (Wildman–Crippen MR) is 125 cm³/mol. The van der Waals surface area contributed by atoms with Crippen molar-refractivity contribution >= 4 is 24.2 Å². The van der Waals surface area contributed by atoms with Crippen molar-refractivity contribution in [1.29, 1.82) is 0 Å². The molecule has 0 aromatic heterocycles. The molecule has 0 amide bonds. The molecule has 35 heavy (non-hydrogen) atoms. The number of carbonyl (C=O) groups is 4. The Hall–Kier alpha value is -4.30. The Morgan fingerprint density at radius 1 is 0.629 bits per heavy atom. The van der Waals surface area contributed by atoms with Gasteiger partial charge in [-0.25, -0.2) is 14.4 Å². The summed E-state index contributed by atoms with van der Waals surface area (Å²) >= 11 is 0. The fourth-order valence-corrected chi connectivity index (χ4v) is 3.23. The van der Waals surface area contributed by atoms with E-state index in [-0.39, 0.29) is 23.0 Å². The van der Waals surface area contributed by atoms with Crippen LogP contribution in [0, 0.1) is 0 Å². The van der Waals surface area contributed by atoms with Crippen molar-refractivity contribution in [1.82, 2.24) is 0 Å². The van der Waals surface area contributed by atoms with E-state index in [0.717, 1.165) is 0 Å². The van der Waals surface area contributed by atoms with E-state index in [9.17, 15) is 24.3 Å². The van der Waals surface area contributed by atoms with Gasteiger partial charge in [0, 0.05) is 0 Å². The topological polar surface area (TPSA) is 116 Å². The number of aliphatic hydroxyl groups excluding tert-OH is 1. The quantitative estimate of drug-likeness (QED) is 0.269. The molecule has 8 nitrogen and oxygen atoms in total. The van der Waals surface area contributed by atoms with E-state index in [0.29, 0.717) is 0 Å². The molecule has 0 saturated carbocycles. The molecule has 4 atom stereocenters. The van der Waals surface area contributed by atoms with Crippen molar-refractivity contribution in [2.45, 2.75) is 31.3 Å². The van der Waals surface area contributed by atoms with Gasteiger partial charge in [-0.1, -0.05) is 54.6 Å². The van der Waals surface area contributed by atoms with Crippen LogP contribution in [0.2, 0.25) is 0 Å². The first-order valence-corrected chi connectivity index (χ1v) is 10.8. The molecule has 0 fully saturated rings. The van der Waals surface area contributed by atoms with Gasteiger partial charge in [0.25, 0.3) is 0 Å². The lowest BCUT2D eigenvalue weighted by Gasteiger charge is -2.31. The van der Waals surface area contributed by atoms with Crippen LogP contribution in [0.5, 0.6) is 0 Å². The zero-order chi connectivity index (χ0) is 25.2. The number of ether oxygens (including phenoxy) is 3. The van der Waals surface area contributed by atoms with Crippen LogP contribution >= 0.6 is 0 Å². The van der Waals surface area contributed by atoms with Gasteiger partial charge in [-0.3, -0.25) is 4.79 Å². The third-order valence-corrected chi connectivity index (χ3v) is 5.02. The van der Waals surface area contributed by atoms with E-state index >= 15 is 0 Å². The second-order valence-electron chi connectivity index (χ2n) is 7.58. The van der Waals surface area contributed by atoms with Crippen LogP contribution in [-0.2, 0) is 19.0 Å². The van der Waals surface area contributed by atoms with Gasteiger partial charge in [0.05, 0.1) is 22.8 Å². The summed E-state index contributed by atoms with van der Waals surface area (Å²) in [6, 6.07) is 23.7. The Kier molecular flexibility index (Phi) is 8.86. The molecule has 3 aromatic rings. The summed E-state index contributed by atoms with van der Waals surface area (Å²) in [5, 5.41) is 10.4. The minimum Gasteiger partial charge on any atom is -0.452 e. The molecule has 0 saturated heterocycles. The van der Waals surface area contributed by atoms with Gasteiger partial charge in [-0.2, -0.15) is 0 Å². The first-order chi connectivity index (χ1) is 16.9. The number of hydrogen-bond donors (Lipinski definition) is 1. The number of aldehydes is 1. The fraction of sp³-hybridized carbons (Fsp3) is 0.185. The average molecular weight is 476 g/mol. The normalized spacial score (nSPS) is 14.0. The molecule has 0 aliphatic heterocycles. The van der Waals surface area contributed by atoms with Gasteiger partial charge in [-0.15, -0.1) is 0 Å². The highest BCUT2D eigenvalue weighted by Crippen LogP contribution is 2.20. The summed E-state index contributed by atoms with van der Waals surface area (Å²) in [5.74, 6) is -2.54. The zero-order valence-electron chi connectivity index (χ0n) is 18.9. The first kappa shape index (κ1) is 25.3. The monoisotopic (exact) mass is 476 g/mol. The molecule has 3 aromatic carbocycles. The Balaban J connectivity index is 1.92. The summed E-state index contributed by atoms with van der Waals surface area (Å²) in [7, 11) is 0. The number of esters is 3. The summed E-state index contributed by atoms with van der Waals surface area (Å²) in [4.78, 5) is 50.2. The predicted octanol–water partition coefficient (Wildman–Crippen LogP) is 3.24. The second-order valence-corrected chi connectivity index (χ2v) is 7.58.